The van der Waals surface area contributed by atoms with Crippen molar-refractivity contribution in [2.75, 3.05) is 32.8 Å². The van der Waals surface area contributed by atoms with Crippen molar-refractivity contribution in [1.82, 2.24) is 4.90 Å². The molecule has 2 unspecified atom stereocenters. The maximum atomic E-state index is 12.1. The molecule has 4 nitrogen and oxygen atoms in total. The minimum absolute atomic E-state index is 0.0149. The standard InChI is InChI=1S/C17H25NO3/c1-3-20-12-11-18-10-9-16(14(2)13-18)21-17(19)15-7-5-4-6-8-15/h4-8,14,16H,3,9-13H2,1-2H3. The van der Waals surface area contributed by atoms with Crippen molar-refractivity contribution < 1.29 is 14.3 Å². The first-order valence-electron chi connectivity index (χ1n) is 7.76. The van der Waals surface area contributed by atoms with E-state index in [1.165, 1.54) is 0 Å². The van der Waals surface area contributed by atoms with Crippen LogP contribution in [0, 0.1) is 5.92 Å². The van der Waals surface area contributed by atoms with Gasteiger partial charge in [0.15, 0.2) is 0 Å². The lowest BCUT2D eigenvalue weighted by Crippen LogP contribution is -2.44. The summed E-state index contributed by atoms with van der Waals surface area (Å²) in [5.41, 5.74) is 0.628. The first kappa shape index (κ1) is 16.0. The van der Waals surface area contributed by atoms with E-state index in [1.807, 2.05) is 25.1 Å². The van der Waals surface area contributed by atoms with Gasteiger partial charge in [0.25, 0.3) is 0 Å². The first-order chi connectivity index (χ1) is 10.2. The SMILES string of the molecule is CCOCCN1CCC(OC(=O)c2ccccc2)C(C)C1. The molecule has 0 aromatic heterocycles. The van der Waals surface area contributed by atoms with Gasteiger partial charge in [0, 0.05) is 32.2 Å². The van der Waals surface area contributed by atoms with E-state index < -0.39 is 0 Å². The number of hydrogen-bond donors (Lipinski definition) is 0. The lowest BCUT2D eigenvalue weighted by Gasteiger charge is -2.36. The molecule has 0 bridgehead atoms. The number of benzene rings is 1. The molecule has 1 aliphatic heterocycles. The molecule has 21 heavy (non-hydrogen) atoms. The van der Waals surface area contributed by atoms with Crippen molar-refractivity contribution in [1.29, 1.82) is 0 Å². The molecule has 1 saturated heterocycles. The van der Waals surface area contributed by atoms with Gasteiger partial charge in [-0.25, -0.2) is 4.79 Å². The number of carbonyl (C=O) groups excluding carboxylic acids is 1. The Kier molecular flexibility index (Phi) is 6.21. The fourth-order valence-corrected chi connectivity index (χ4v) is 2.71. The Labute approximate surface area is 127 Å². The minimum Gasteiger partial charge on any atom is -0.458 e. The van der Waals surface area contributed by atoms with Crippen LogP contribution in [0.15, 0.2) is 30.3 Å². The molecule has 2 atom stereocenters. The Morgan fingerprint density at radius 3 is 2.76 bits per heavy atom. The fraction of sp³-hybridized carbons (Fsp3) is 0.588. The van der Waals surface area contributed by atoms with E-state index in [0.29, 0.717) is 11.5 Å². The average molecular weight is 291 g/mol. The summed E-state index contributed by atoms with van der Waals surface area (Å²) in [5.74, 6) is 0.142. The van der Waals surface area contributed by atoms with Crippen LogP contribution in [0.5, 0.6) is 0 Å². The molecule has 4 heteroatoms. The summed E-state index contributed by atoms with van der Waals surface area (Å²) >= 11 is 0. The van der Waals surface area contributed by atoms with Gasteiger partial charge in [-0.1, -0.05) is 25.1 Å². The number of hydrogen-bond acceptors (Lipinski definition) is 4. The van der Waals surface area contributed by atoms with E-state index in [4.69, 9.17) is 9.47 Å². The smallest absolute Gasteiger partial charge is 0.338 e. The second kappa shape index (κ2) is 8.15. The number of nitrogens with zero attached hydrogens (tertiary/aromatic N) is 1. The van der Waals surface area contributed by atoms with Crippen LogP contribution in [0.4, 0.5) is 0 Å². The number of ether oxygens (including phenoxy) is 2. The molecule has 2 rings (SSSR count). The van der Waals surface area contributed by atoms with Gasteiger partial charge in [-0.05, 0) is 25.5 Å². The highest BCUT2D eigenvalue weighted by Gasteiger charge is 2.28. The Morgan fingerprint density at radius 1 is 1.33 bits per heavy atom. The van der Waals surface area contributed by atoms with Gasteiger partial charge in [0.1, 0.15) is 6.10 Å². The fourth-order valence-electron chi connectivity index (χ4n) is 2.71. The van der Waals surface area contributed by atoms with Gasteiger partial charge in [0.05, 0.1) is 12.2 Å². The molecular weight excluding hydrogens is 266 g/mol. The largest absolute Gasteiger partial charge is 0.458 e. The van der Waals surface area contributed by atoms with Crippen molar-refractivity contribution in [3.05, 3.63) is 35.9 Å². The first-order valence-corrected chi connectivity index (χ1v) is 7.76. The maximum absolute atomic E-state index is 12.1. The van der Waals surface area contributed by atoms with Crippen molar-refractivity contribution in [3.8, 4) is 0 Å². The van der Waals surface area contributed by atoms with Crippen LogP contribution in [0.3, 0.4) is 0 Å². The molecule has 116 valence electrons. The van der Waals surface area contributed by atoms with Crippen molar-refractivity contribution in [2.24, 2.45) is 5.92 Å². The van der Waals surface area contributed by atoms with Crippen LogP contribution in [-0.2, 0) is 9.47 Å². The highest BCUT2D eigenvalue weighted by molar-refractivity contribution is 5.89. The second-order valence-electron chi connectivity index (χ2n) is 5.57. The molecule has 1 aromatic rings. The van der Waals surface area contributed by atoms with Crippen LogP contribution < -0.4 is 0 Å². The highest BCUT2D eigenvalue weighted by Crippen LogP contribution is 2.21. The topological polar surface area (TPSA) is 38.8 Å². The highest BCUT2D eigenvalue weighted by atomic mass is 16.5. The van der Waals surface area contributed by atoms with Crippen LogP contribution in [0.1, 0.15) is 30.6 Å². The van der Waals surface area contributed by atoms with Gasteiger partial charge < -0.3 is 14.4 Å². The molecule has 0 N–H and O–H groups in total. The van der Waals surface area contributed by atoms with E-state index in [1.54, 1.807) is 12.1 Å². The molecule has 0 radical (unpaired) electrons. The lowest BCUT2D eigenvalue weighted by molar-refractivity contribution is -0.0148. The zero-order chi connectivity index (χ0) is 15.1. The van der Waals surface area contributed by atoms with Gasteiger partial charge in [-0.2, -0.15) is 0 Å². The molecule has 1 heterocycles. The molecule has 0 saturated carbocycles. The molecular formula is C17H25NO3. The number of piperidine rings is 1. The molecule has 1 fully saturated rings. The molecule has 0 amide bonds. The second-order valence-corrected chi connectivity index (χ2v) is 5.57. The summed E-state index contributed by atoms with van der Waals surface area (Å²) in [4.78, 5) is 14.5. The van der Waals surface area contributed by atoms with Gasteiger partial charge in [-0.15, -0.1) is 0 Å². The summed E-state index contributed by atoms with van der Waals surface area (Å²) in [6.07, 6.45) is 0.910. The van der Waals surface area contributed by atoms with Crippen LogP contribution in [0.25, 0.3) is 0 Å². The Hall–Kier alpha value is -1.39. The van der Waals surface area contributed by atoms with Gasteiger partial charge in [-0.3, -0.25) is 0 Å². The average Bonchev–Trinajstić information content (AvgIpc) is 2.51. The zero-order valence-corrected chi connectivity index (χ0v) is 13.0. The maximum Gasteiger partial charge on any atom is 0.338 e. The van der Waals surface area contributed by atoms with E-state index in [2.05, 4.69) is 11.8 Å². The van der Waals surface area contributed by atoms with Crippen molar-refractivity contribution in [3.63, 3.8) is 0 Å². The molecule has 1 aliphatic rings. The summed E-state index contributed by atoms with van der Waals surface area (Å²) in [7, 11) is 0. The molecule has 1 aromatic carbocycles. The number of rotatable bonds is 6. The Morgan fingerprint density at radius 2 is 2.10 bits per heavy atom. The predicted octanol–water partition coefficient (Wildman–Crippen LogP) is 2.59. The van der Waals surface area contributed by atoms with Crippen LogP contribution >= 0.6 is 0 Å². The van der Waals surface area contributed by atoms with Crippen LogP contribution in [-0.4, -0.2) is 49.8 Å². The zero-order valence-electron chi connectivity index (χ0n) is 13.0. The van der Waals surface area contributed by atoms with Crippen molar-refractivity contribution >= 4 is 5.97 Å². The third-order valence-corrected chi connectivity index (χ3v) is 3.93. The quantitative estimate of drug-likeness (QED) is 0.596. The molecule has 0 aliphatic carbocycles. The third kappa shape index (κ3) is 4.83. The summed E-state index contributed by atoms with van der Waals surface area (Å²) in [6.45, 7) is 8.58. The van der Waals surface area contributed by atoms with E-state index >= 15 is 0 Å². The predicted molar refractivity (Wildman–Crippen MR) is 82.4 cm³/mol. The Balaban J connectivity index is 1.79. The van der Waals surface area contributed by atoms with E-state index in [0.717, 1.165) is 39.3 Å². The van der Waals surface area contributed by atoms with E-state index in [-0.39, 0.29) is 12.1 Å². The Bertz CT molecular complexity index is 435. The summed E-state index contributed by atoms with van der Waals surface area (Å²) in [5, 5.41) is 0. The minimum atomic E-state index is -0.213. The van der Waals surface area contributed by atoms with Gasteiger partial charge >= 0.3 is 5.97 Å². The van der Waals surface area contributed by atoms with E-state index in [9.17, 15) is 4.79 Å². The number of esters is 1. The lowest BCUT2D eigenvalue weighted by atomic mass is 9.96. The van der Waals surface area contributed by atoms with Crippen LogP contribution in [0.2, 0.25) is 0 Å². The normalized spacial score (nSPS) is 23.0. The molecule has 0 spiro atoms. The summed E-state index contributed by atoms with van der Waals surface area (Å²) < 4.78 is 11.1. The third-order valence-electron chi connectivity index (χ3n) is 3.93. The number of likely N-dealkylation sites (tertiary alicyclic amines) is 1. The summed E-state index contributed by atoms with van der Waals surface area (Å²) in [6, 6.07) is 9.21. The number of carbonyl (C=O) groups is 1. The van der Waals surface area contributed by atoms with Gasteiger partial charge in [0.2, 0.25) is 0 Å². The monoisotopic (exact) mass is 291 g/mol. The van der Waals surface area contributed by atoms with Crippen molar-refractivity contribution in [2.45, 2.75) is 26.4 Å².